The predicted octanol–water partition coefficient (Wildman–Crippen LogP) is 6.49. The summed E-state index contributed by atoms with van der Waals surface area (Å²) in [5.41, 5.74) is 3.90. The van der Waals surface area contributed by atoms with E-state index in [-0.39, 0.29) is 5.41 Å². The number of fused-ring (bicyclic) bond motifs is 5. The van der Waals surface area contributed by atoms with Crippen molar-refractivity contribution in [2.45, 2.75) is 91.9 Å². The molecule has 0 radical (unpaired) electrons. The van der Waals surface area contributed by atoms with E-state index in [0.29, 0.717) is 29.6 Å². The average molecular weight is 399 g/mol. The second kappa shape index (κ2) is 7.98. The van der Waals surface area contributed by atoms with Crippen molar-refractivity contribution in [1.82, 2.24) is 0 Å². The molecule has 2 heteroatoms. The molecule has 4 rings (SSSR count). The summed E-state index contributed by atoms with van der Waals surface area (Å²) in [6.45, 7) is 10.1. The number of aliphatic hydroxyl groups is 1. The fourth-order valence-corrected chi connectivity index (χ4v) is 7.91. The lowest BCUT2D eigenvalue weighted by Gasteiger charge is -2.55. The number of carbonyl (C=O) groups excluding carboxylic acids is 1. The molecule has 3 unspecified atom stereocenters. The van der Waals surface area contributed by atoms with E-state index in [9.17, 15) is 9.90 Å². The summed E-state index contributed by atoms with van der Waals surface area (Å²) in [6.07, 6.45) is 16.5. The summed E-state index contributed by atoms with van der Waals surface area (Å²) in [7, 11) is 0. The third kappa shape index (κ3) is 3.58. The lowest BCUT2D eigenvalue weighted by atomic mass is 9.50. The number of carbonyl (C=O) groups is 1. The molecular formula is C27H42O2. The lowest BCUT2D eigenvalue weighted by Crippen LogP contribution is -2.46. The van der Waals surface area contributed by atoms with Gasteiger partial charge in [-0.25, -0.2) is 0 Å². The van der Waals surface area contributed by atoms with E-state index in [0.717, 1.165) is 43.4 Å². The molecule has 0 aromatic heterocycles. The summed E-state index contributed by atoms with van der Waals surface area (Å²) >= 11 is 0. The van der Waals surface area contributed by atoms with E-state index in [1.165, 1.54) is 44.1 Å². The molecule has 162 valence electrons. The Hall–Kier alpha value is -0.890. The maximum absolute atomic E-state index is 12.0. The maximum Gasteiger partial charge on any atom is 0.155 e. The first-order chi connectivity index (χ1) is 13.8. The van der Waals surface area contributed by atoms with Crippen LogP contribution in [0.25, 0.3) is 0 Å². The fourth-order valence-electron chi connectivity index (χ4n) is 7.91. The van der Waals surface area contributed by atoms with Crippen molar-refractivity contribution in [2.75, 3.05) is 6.61 Å². The van der Waals surface area contributed by atoms with Gasteiger partial charge in [-0.15, -0.1) is 0 Å². The third-order valence-corrected chi connectivity index (χ3v) is 9.83. The van der Waals surface area contributed by atoms with E-state index in [1.807, 2.05) is 6.08 Å². The van der Waals surface area contributed by atoms with Crippen LogP contribution in [-0.2, 0) is 4.79 Å². The van der Waals surface area contributed by atoms with Crippen molar-refractivity contribution in [2.24, 2.45) is 40.4 Å². The molecule has 0 heterocycles. The molecule has 2 nitrogen and oxygen atoms in total. The molecule has 2 fully saturated rings. The van der Waals surface area contributed by atoms with Gasteiger partial charge in [0.1, 0.15) is 0 Å². The van der Waals surface area contributed by atoms with Gasteiger partial charge in [0.25, 0.3) is 0 Å². The highest BCUT2D eigenvalue weighted by Gasteiger charge is 2.56. The zero-order chi connectivity index (χ0) is 20.8. The van der Waals surface area contributed by atoms with Gasteiger partial charge >= 0.3 is 0 Å². The molecule has 0 saturated heterocycles. The second-order valence-electron chi connectivity index (χ2n) is 11.5. The largest absolute Gasteiger partial charge is 0.396 e. The topological polar surface area (TPSA) is 37.3 Å². The Balaban J connectivity index is 1.50. The van der Waals surface area contributed by atoms with Crippen LogP contribution in [0.2, 0.25) is 0 Å². The monoisotopic (exact) mass is 398 g/mol. The third-order valence-electron chi connectivity index (χ3n) is 9.83. The first kappa shape index (κ1) is 21.3. The molecule has 0 amide bonds. The number of hydrogen-bond acceptors (Lipinski definition) is 2. The van der Waals surface area contributed by atoms with Crippen LogP contribution in [0.3, 0.4) is 0 Å². The smallest absolute Gasteiger partial charge is 0.155 e. The molecule has 0 spiro atoms. The van der Waals surface area contributed by atoms with Crippen molar-refractivity contribution in [1.29, 1.82) is 0 Å². The second-order valence-corrected chi connectivity index (χ2v) is 11.5. The summed E-state index contributed by atoms with van der Waals surface area (Å²) in [4.78, 5) is 12.0. The quantitative estimate of drug-likeness (QED) is 0.519. The van der Waals surface area contributed by atoms with Crippen LogP contribution in [0.5, 0.6) is 0 Å². The van der Waals surface area contributed by atoms with Crippen molar-refractivity contribution in [3.05, 3.63) is 23.3 Å². The van der Waals surface area contributed by atoms with Gasteiger partial charge < -0.3 is 5.11 Å². The minimum Gasteiger partial charge on any atom is -0.396 e. The molecule has 2 saturated carbocycles. The Kier molecular flexibility index (Phi) is 5.88. The van der Waals surface area contributed by atoms with E-state index in [4.69, 9.17) is 0 Å². The number of aliphatic hydroxyl groups excluding tert-OH is 1. The van der Waals surface area contributed by atoms with Gasteiger partial charge in [0, 0.05) is 13.0 Å². The fraction of sp³-hybridized carbons (Fsp3) is 0.815. The zero-order valence-corrected chi connectivity index (χ0v) is 19.2. The van der Waals surface area contributed by atoms with Gasteiger partial charge in [-0.2, -0.15) is 0 Å². The van der Waals surface area contributed by atoms with Gasteiger partial charge in [0.15, 0.2) is 5.78 Å². The van der Waals surface area contributed by atoms with Crippen LogP contribution in [-0.4, -0.2) is 17.5 Å². The minimum atomic E-state index is 0.240. The molecule has 0 aromatic carbocycles. The van der Waals surface area contributed by atoms with E-state index in [1.54, 1.807) is 5.57 Å². The molecule has 0 aromatic rings. The predicted molar refractivity (Wildman–Crippen MR) is 119 cm³/mol. The molecule has 7 atom stereocenters. The standard InChI is InChI=1S/C27H42O2/c1-18(17-28)6-5-7-19(2)23-10-11-24-22-9-8-20-16-21(29)12-14-26(20,3)25(22)13-15-27(23,24)4/h9,16,18-19,23-25,28H,5-8,10-15,17H2,1-4H3/t18-,19?,23-,24?,25?,26+,27-/m1/s1. The van der Waals surface area contributed by atoms with Crippen LogP contribution in [0.1, 0.15) is 91.9 Å². The Bertz CT molecular complexity index is 703. The van der Waals surface area contributed by atoms with Gasteiger partial charge in [0.05, 0.1) is 0 Å². The summed E-state index contributed by atoms with van der Waals surface area (Å²) in [5.74, 6) is 3.86. The van der Waals surface area contributed by atoms with Gasteiger partial charge in [-0.3, -0.25) is 4.79 Å². The van der Waals surface area contributed by atoms with Crippen LogP contribution < -0.4 is 0 Å². The maximum atomic E-state index is 12.0. The molecule has 0 bridgehead atoms. The Morgan fingerprint density at radius 2 is 1.90 bits per heavy atom. The van der Waals surface area contributed by atoms with Crippen molar-refractivity contribution >= 4 is 5.78 Å². The Morgan fingerprint density at radius 1 is 1.10 bits per heavy atom. The van der Waals surface area contributed by atoms with Crippen LogP contribution in [0, 0.1) is 40.4 Å². The molecule has 4 aliphatic rings. The molecule has 0 aliphatic heterocycles. The SMILES string of the molecule is CC(CCC[C@@H](C)CO)[C@H]1CCC2C3=CCC4=CC(=O)CC[C@]4(C)C3CC[C@@]21C. The highest BCUT2D eigenvalue weighted by Crippen LogP contribution is 2.66. The summed E-state index contributed by atoms with van der Waals surface area (Å²) in [6, 6.07) is 0. The summed E-state index contributed by atoms with van der Waals surface area (Å²) in [5, 5.41) is 9.31. The number of rotatable bonds is 6. The number of ketones is 1. The number of hydrogen-bond donors (Lipinski definition) is 1. The van der Waals surface area contributed by atoms with E-state index < -0.39 is 0 Å². The normalized spacial score (nSPS) is 41.0. The lowest BCUT2D eigenvalue weighted by molar-refractivity contribution is -0.116. The van der Waals surface area contributed by atoms with Crippen molar-refractivity contribution in [3.63, 3.8) is 0 Å². The first-order valence-electron chi connectivity index (χ1n) is 12.3. The highest BCUT2D eigenvalue weighted by atomic mass is 16.3. The zero-order valence-electron chi connectivity index (χ0n) is 19.2. The van der Waals surface area contributed by atoms with Crippen molar-refractivity contribution < 1.29 is 9.90 Å². The molecule has 29 heavy (non-hydrogen) atoms. The van der Waals surface area contributed by atoms with Gasteiger partial charge in [-0.05, 0) is 91.4 Å². The Morgan fingerprint density at radius 3 is 2.66 bits per heavy atom. The molecular weight excluding hydrogens is 356 g/mol. The van der Waals surface area contributed by atoms with Crippen LogP contribution >= 0.6 is 0 Å². The molecule has 4 aliphatic carbocycles. The van der Waals surface area contributed by atoms with Crippen molar-refractivity contribution in [3.8, 4) is 0 Å². The summed E-state index contributed by atoms with van der Waals surface area (Å²) < 4.78 is 0. The molecule has 1 N–H and O–H groups in total. The minimum absolute atomic E-state index is 0.240. The Labute approximate surface area is 178 Å². The van der Waals surface area contributed by atoms with Crippen LogP contribution in [0.4, 0.5) is 0 Å². The number of allylic oxidation sites excluding steroid dienone is 4. The van der Waals surface area contributed by atoms with Gasteiger partial charge in [0.2, 0.25) is 0 Å². The average Bonchev–Trinajstić information content (AvgIpc) is 3.05. The van der Waals surface area contributed by atoms with E-state index in [2.05, 4.69) is 33.8 Å². The first-order valence-corrected chi connectivity index (χ1v) is 12.3. The van der Waals surface area contributed by atoms with E-state index >= 15 is 0 Å². The van der Waals surface area contributed by atoms with Crippen LogP contribution in [0.15, 0.2) is 23.3 Å². The highest BCUT2D eigenvalue weighted by molar-refractivity contribution is 5.91. The van der Waals surface area contributed by atoms with Gasteiger partial charge in [-0.1, -0.05) is 57.8 Å².